The first-order valence-corrected chi connectivity index (χ1v) is 5.74. The first-order valence-electron chi connectivity index (χ1n) is 5.36. The molecule has 2 heterocycles. The van der Waals surface area contributed by atoms with E-state index in [9.17, 15) is 0 Å². The van der Waals surface area contributed by atoms with Crippen LogP contribution in [0.15, 0.2) is 12.3 Å². The maximum Gasteiger partial charge on any atom is 0.224 e. The highest BCUT2D eigenvalue weighted by molar-refractivity contribution is 6.28. The molecule has 0 amide bonds. The van der Waals surface area contributed by atoms with E-state index in [1.54, 1.807) is 6.20 Å². The zero-order valence-electron chi connectivity index (χ0n) is 9.01. The number of piperazine rings is 1. The molecular weight excluding hydrogens is 228 g/mol. The molecule has 0 radical (unpaired) electrons. The fraction of sp³-hybridized carbons (Fsp3) is 0.600. The third-order valence-corrected chi connectivity index (χ3v) is 2.91. The van der Waals surface area contributed by atoms with Gasteiger partial charge in [-0.3, -0.25) is 4.90 Å². The van der Waals surface area contributed by atoms with E-state index in [0.717, 1.165) is 38.5 Å². The molecule has 0 aromatic carbocycles. The molecule has 0 spiro atoms. The van der Waals surface area contributed by atoms with E-state index >= 15 is 0 Å². The van der Waals surface area contributed by atoms with Crippen LogP contribution in [-0.4, -0.2) is 59.3 Å². The highest BCUT2D eigenvalue weighted by atomic mass is 35.5. The maximum absolute atomic E-state index is 8.84. The van der Waals surface area contributed by atoms with E-state index in [1.807, 2.05) is 6.07 Å². The molecule has 1 N–H and O–H groups in total. The predicted molar refractivity (Wildman–Crippen MR) is 62.8 cm³/mol. The predicted octanol–water partition coefficient (Wildman–Crippen LogP) is 0.244. The van der Waals surface area contributed by atoms with Gasteiger partial charge in [0.1, 0.15) is 5.82 Å². The summed E-state index contributed by atoms with van der Waals surface area (Å²) in [5.74, 6) is 0.878. The van der Waals surface area contributed by atoms with Crippen molar-refractivity contribution in [3.63, 3.8) is 0 Å². The monoisotopic (exact) mass is 242 g/mol. The Bertz CT molecular complexity index is 341. The molecule has 0 aliphatic carbocycles. The van der Waals surface area contributed by atoms with Crippen LogP contribution in [0.2, 0.25) is 5.28 Å². The second-order valence-corrected chi connectivity index (χ2v) is 4.07. The van der Waals surface area contributed by atoms with Crippen LogP contribution in [0.4, 0.5) is 5.82 Å². The molecule has 1 aromatic rings. The van der Waals surface area contributed by atoms with E-state index in [1.165, 1.54) is 0 Å². The lowest BCUT2D eigenvalue weighted by Gasteiger charge is -2.34. The van der Waals surface area contributed by atoms with Crippen molar-refractivity contribution < 1.29 is 5.11 Å². The van der Waals surface area contributed by atoms with Crippen molar-refractivity contribution >= 4 is 17.4 Å². The van der Waals surface area contributed by atoms with Crippen molar-refractivity contribution in [2.24, 2.45) is 0 Å². The largest absolute Gasteiger partial charge is 0.395 e. The number of hydrogen-bond acceptors (Lipinski definition) is 5. The second-order valence-electron chi connectivity index (χ2n) is 3.74. The van der Waals surface area contributed by atoms with Gasteiger partial charge >= 0.3 is 0 Å². The van der Waals surface area contributed by atoms with Gasteiger partial charge in [0.15, 0.2) is 0 Å². The SMILES string of the molecule is OCCN1CCN(c2ccnc(Cl)n2)CC1. The molecule has 0 unspecified atom stereocenters. The number of aliphatic hydroxyl groups excluding tert-OH is 1. The van der Waals surface area contributed by atoms with Gasteiger partial charge in [-0.25, -0.2) is 9.97 Å². The first-order chi connectivity index (χ1) is 7.79. The van der Waals surface area contributed by atoms with Crippen LogP contribution in [0, 0.1) is 0 Å². The Morgan fingerprint density at radius 1 is 1.31 bits per heavy atom. The molecule has 6 heteroatoms. The number of aromatic nitrogens is 2. The van der Waals surface area contributed by atoms with Crippen LogP contribution < -0.4 is 4.90 Å². The summed E-state index contributed by atoms with van der Waals surface area (Å²) in [5, 5.41) is 9.13. The Balaban J connectivity index is 1.94. The summed E-state index contributed by atoms with van der Waals surface area (Å²) in [6.45, 7) is 4.68. The van der Waals surface area contributed by atoms with Gasteiger partial charge < -0.3 is 10.0 Å². The van der Waals surface area contributed by atoms with Crippen molar-refractivity contribution in [2.75, 3.05) is 44.2 Å². The normalized spacial score (nSPS) is 17.8. The Morgan fingerprint density at radius 2 is 2.06 bits per heavy atom. The topological polar surface area (TPSA) is 52.5 Å². The molecule has 1 aromatic heterocycles. The summed E-state index contributed by atoms with van der Waals surface area (Å²) in [6, 6.07) is 1.87. The lowest BCUT2D eigenvalue weighted by Crippen LogP contribution is -2.47. The smallest absolute Gasteiger partial charge is 0.224 e. The highest BCUT2D eigenvalue weighted by Crippen LogP contribution is 2.14. The van der Waals surface area contributed by atoms with Gasteiger partial charge in [-0.1, -0.05) is 0 Å². The summed E-state index contributed by atoms with van der Waals surface area (Å²) in [6.07, 6.45) is 1.67. The standard InChI is InChI=1S/C10H15ClN4O/c11-10-12-2-1-9(13-10)15-5-3-14(4-6-15)7-8-16/h1-2,16H,3-8H2. The van der Waals surface area contributed by atoms with Crippen molar-refractivity contribution in [2.45, 2.75) is 0 Å². The van der Waals surface area contributed by atoms with Crippen LogP contribution in [0.3, 0.4) is 0 Å². The third-order valence-electron chi connectivity index (χ3n) is 2.72. The van der Waals surface area contributed by atoms with Gasteiger partial charge in [-0.2, -0.15) is 0 Å². The number of halogens is 1. The lowest BCUT2D eigenvalue weighted by atomic mass is 10.3. The second kappa shape index (κ2) is 5.43. The fourth-order valence-electron chi connectivity index (χ4n) is 1.84. The fourth-order valence-corrected chi connectivity index (χ4v) is 1.99. The average molecular weight is 243 g/mol. The number of anilines is 1. The molecular formula is C10H15ClN4O. The molecule has 1 fully saturated rings. The Kier molecular flexibility index (Phi) is 3.93. The maximum atomic E-state index is 8.84. The van der Waals surface area contributed by atoms with Crippen LogP contribution in [0.25, 0.3) is 0 Å². The number of hydrogen-bond donors (Lipinski definition) is 1. The van der Waals surface area contributed by atoms with Gasteiger partial charge in [0, 0.05) is 38.9 Å². The van der Waals surface area contributed by atoms with E-state index < -0.39 is 0 Å². The molecule has 1 saturated heterocycles. The van der Waals surface area contributed by atoms with Gasteiger partial charge in [-0.15, -0.1) is 0 Å². The van der Waals surface area contributed by atoms with Crippen LogP contribution in [0.1, 0.15) is 0 Å². The zero-order valence-corrected chi connectivity index (χ0v) is 9.77. The number of β-amino-alcohol motifs (C(OH)–C–C–N with tert-alkyl or cyclic N) is 1. The molecule has 2 rings (SSSR count). The summed E-state index contributed by atoms with van der Waals surface area (Å²) in [4.78, 5) is 12.5. The van der Waals surface area contributed by atoms with Crippen molar-refractivity contribution in [1.82, 2.24) is 14.9 Å². The third kappa shape index (κ3) is 2.81. The lowest BCUT2D eigenvalue weighted by molar-refractivity contribution is 0.188. The van der Waals surface area contributed by atoms with Crippen molar-refractivity contribution in [3.8, 4) is 0 Å². The molecule has 0 bridgehead atoms. The van der Waals surface area contributed by atoms with E-state index in [2.05, 4.69) is 19.8 Å². The average Bonchev–Trinajstić information content (AvgIpc) is 2.30. The first kappa shape index (κ1) is 11.6. The molecule has 0 atom stereocenters. The quantitative estimate of drug-likeness (QED) is 0.770. The molecule has 0 saturated carbocycles. The number of rotatable bonds is 3. The Labute approximate surface area is 99.7 Å². The zero-order chi connectivity index (χ0) is 11.4. The summed E-state index contributed by atoms with van der Waals surface area (Å²) < 4.78 is 0. The minimum Gasteiger partial charge on any atom is -0.395 e. The minimum atomic E-state index is 0.222. The van der Waals surface area contributed by atoms with E-state index in [-0.39, 0.29) is 11.9 Å². The number of nitrogens with zero attached hydrogens (tertiary/aromatic N) is 4. The molecule has 1 aliphatic heterocycles. The summed E-state index contributed by atoms with van der Waals surface area (Å²) in [5.41, 5.74) is 0. The Morgan fingerprint density at radius 3 is 2.69 bits per heavy atom. The van der Waals surface area contributed by atoms with Gasteiger partial charge in [-0.05, 0) is 17.7 Å². The van der Waals surface area contributed by atoms with E-state index in [4.69, 9.17) is 16.7 Å². The summed E-state index contributed by atoms with van der Waals surface area (Å²) >= 11 is 5.75. The van der Waals surface area contributed by atoms with Gasteiger partial charge in [0.2, 0.25) is 5.28 Å². The molecule has 16 heavy (non-hydrogen) atoms. The van der Waals surface area contributed by atoms with Gasteiger partial charge in [0.25, 0.3) is 0 Å². The molecule has 1 aliphatic rings. The number of aliphatic hydroxyl groups is 1. The molecule has 88 valence electrons. The van der Waals surface area contributed by atoms with Crippen molar-refractivity contribution in [3.05, 3.63) is 17.5 Å². The van der Waals surface area contributed by atoms with Crippen LogP contribution in [-0.2, 0) is 0 Å². The minimum absolute atomic E-state index is 0.222. The van der Waals surface area contributed by atoms with Gasteiger partial charge in [0.05, 0.1) is 6.61 Å². The molecule has 5 nitrogen and oxygen atoms in total. The summed E-state index contributed by atoms with van der Waals surface area (Å²) in [7, 11) is 0. The van der Waals surface area contributed by atoms with Crippen LogP contribution >= 0.6 is 11.6 Å². The Hall–Kier alpha value is -0.910. The van der Waals surface area contributed by atoms with Crippen molar-refractivity contribution in [1.29, 1.82) is 0 Å². The van der Waals surface area contributed by atoms with E-state index in [0.29, 0.717) is 0 Å². The van der Waals surface area contributed by atoms with Crippen LogP contribution in [0.5, 0.6) is 0 Å². The highest BCUT2D eigenvalue weighted by Gasteiger charge is 2.17.